The van der Waals surface area contributed by atoms with Gasteiger partial charge in [-0.3, -0.25) is 9.69 Å². The van der Waals surface area contributed by atoms with E-state index < -0.39 is 17.5 Å². The second-order valence-corrected chi connectivity index (χ2v) is 5.97. The van der Waals surface area contributed by atoms with Crippen LogP contribution in [0.3, 0.4) is 0 Å². The van der Waals surface area contributed by atoms with Crippen molar-refractivity contribution < 1.29 is 18.5 Å². The van der Waals surface area contributed by atoms with Gasteiger partial charge in [0.1, 0.15) is 11.5 Å². The molecular weight excluding hydrogens is 322 g/mol. The molecule has 126 valence electrons. The molecule has 7 heteroatoms. The van der Waals surface area contributed by atoms with Crippen molar-refractivity contribution in [2.45, 2.75) is 19.0 Å². The van der Waals surface area contributed by atoms with Crippen molar-refractivity contribution in [3.05, 3.63) is 66.3 Å². The van der Waals surface area contributed by atoms with Crippen LogP contribution >= 0.6 is 0 Å². The molecule has 7 nitrogen and oxygen atoms in total. The molecular formula is C18H15N3O4. The number of carbonyl (C=O) groups excluding carboxylic acids is 2. The van der Waals surface area contributed by atoms with Crippen LogP contribution in [0.4, 0.5) is 4.79 Å². The fourth-order valence-electron chi connectivity index (χ4n) is 2.86. The fourth-order valence-corrected chi connectivity index (χ4v) is 2.86. The highest BCUT2D eigenvalue weighted by atomic mass is 16.5. The third-order valence-corrected chi connectivity index (χ3v) is 4.23. The van der Waals surface area contributed by atoms with E-state index in [1.165, 1.54) is 6.26 Å². The van der Waals surface area contributed by atoms with Crippen LogP contribution in [-0.4, -0.2) is 22.0 Å². The Morgan fingerprint density at radius 2 is 1.96 bits per heavy atom. The van der Waals surface area contributed by atoms with Crippen LogP contribution in [0.25, 0.3) is 11.3 Å². The lowest BCUT2D eigenvalue weighted by molar-refractivity contribution is -0.132. The van der Waals surface area contributed by atoms with Gasteiger partial charge in [0.15, 0.2) is 11.3 Å². The van der Waals surface area contributed by atoms with Crippen molar-refractivity contribution in [1.82, 2.24) is 15.4 Å². The molecule has 0 spiro atoms. The first-order valence-corrected chi connectivity index (χ1v) is 7.77. The normalized spacial score (nSPS) is 20.1. The summed E-state index contributed by atoms with van der Waals surface area (Å²) in [6, 6.07) is 14.1. The maximum atomic E-state index is 12.7. The van der Waals surface area contributed by atoms with Crippen LogP contribution < -0.4 is 5.32 Å². The Kier molecular flexibility index (Phi) is 3.42. The number of carbonyl (C=O) groups is 2. The van der Waals surface area contributed by atoms with Crippen molar-refractivity contribution in [2.24, 2.45) is 0 Å². The summed E-state index contributed by atoms with van der Waals surface area (Å²) in [7, 11) is 0. The minimum Gasteiger partial charge on any atom is -0.466 e. The highest BCUT2D eigenvalue weighted by molar-refractivity contribution is 6.06. The lowest BCUT2D eigenvalue weighted by atomic mass is 9.99. The molecule has 1 fully saturated rings. The Morgan fingerprint density at radius 3 is 2.68 bits per heavy atom. The number of nitrogens with one attached hydrogen (secondary N) is 1. The summed E-state index contributed by atoms with van der Waals surface area (Å²) in [4.78, 5) is 26.1. The molecule has 3 heterocycles. The molecule has 1 aliphatic heterocycles. The monoisotopic (exact) mass is 337 g/mol. The van der Waals surface area contributed by atoms with E-state index in [-0.39, 0.29) is 6.54 Å². The molecule has 3 amide bonds. The van der Waals surface area contributed by atoms with Crippen molar-refractivity contribution in [3.8, 4) is 11.3 Å². The second kappa shape index (κ2) is 5.62. The number of nitrogens with zero attached hydrogens (tertiary/aromatic N) is 2. The predicted octanol–water partition coefficient (Wildman–Crippen LogP) is 2.90. The summed E-state index contributed by atoms with van der Waals surface area (Å²) in [5, 5.41) is 6.67. The summed E-state index contributed by atoms with van der Waals surface area (Å²) in [6.07, 6.45) is 1.46. The summed E-state index contributed by atoms with van der Waals surface area (Å²) >= 11 is 0. The van der Waals surface area contributed by atoms with Gasteiger partial charge in [0.2, 0.25) is 0 Å². The van der Waals surface area contributed by atoms with Crippen LogP contribution in [0, 0.1) is 0 Å². The molecule has 25 heavy (non-hydrogen) atoms. The van der Waals surface area contributed by atoms with Gasteiger partial charge < -0.3 is 14.3 Å². The molecule has 1 aromatic carbocycles. The quantitative estimate of drug-likeness (QED) is 0.740. The Labute approximate surface area is 143 Å². The van der Waals surface area contributed by atoms with Gasteiger partial charge in [0, 0.05) is 11.6 Å². The number of urea groups is 1. The predicted molar refractivity (Wildman–Crippen MR) is 87.1 cm³/mol. The van der Waals surface area contributed by atoms with Crippen LogP contribution in [0.2, 0.25) is 0 Å². The van der Waals surface area contributed by atoms with E-state index in [0.29, 0.717) is 17.2 Å². The zero-order valence-corrected chi connectivity index (χ0v) is 13.4. The Morgan fingerprint density at radius 1 is 1.16 bits per heavy atom. The first-order valence-electron chi connectivity index (χ1n) is 7.77. The highest BCUT2D eigenvalue weighted by Gasteiger charge is 2.51. The van der Waals surface area contributed by atoms with Gasteiger partial charge in [-0.2, -0.15) is 0 Å². The minimum absolute atomic E-state index is 0.000792. The van der Waals surface area contributed by atoms with E-state index >= 15 is 0 Å². The van der Waals surface area contributed by atoms with E-state index in [0.717, 1.165) is 10.5 Å². The van der Waals surface area contributed by atoms with Crippen LogP contribution in [0.1, 0.15) is 18.4 Å². The summed E-state index contributed by atoms with van der Waals surface area (Å²) in [5.41, 5.74) is 0.328. The lowest BCUT2D eigenvalue weighted by Gasteiger charge is -2.18. The van der Waals surface area contributed by atoms with Gasteiger partial charge in [-0.05, 0) is 19.1 Å². The first-order chi connectivity index (χ1) is 12.1. The van der Waals surface area contributed by atoms with Crippen LogP contribution in [-0.2, 0) is 16.9 Å². The Balaban J connectivity index is 1.56. The van der Waals surface area contributed by atoms with Gasteiger partial charge >= 0.3 is 6.03 Å². The highest BCUT2D eigenvalue weighted by Crippen LogP contribution is 2.30. The molecule has 0 radical (unpaired) electrons. The SMILES string of the molecule is C[C@@]1(c2ccco2)NC(=O)N(Cc2cc(-c3ccccc3)no2)C1=O. The largest absolute Gasteiger partial charge is 0.466 e. The molecule has 4 rings (SSSR count). The van der Waals surface area contributed by atoms with Crippen molar-refractivity contribution in [3.63, 3.8) is 0 Å². The first kappa shape index (κ1) is 15.2. The third kappa shape index (κ3) is 2.50. The zero-order chi connectivity index (χ0) is 17.4. The van der Waals surface area contributed by atoms with Gasteiger partial charge in [-0.15, -0.1) is 0 Å². The molecule has 1 saturated heterocycles. The Bertz CT molecular complexity index is 917. The van der Waals surface area contributed by atoms with E-state index in [2.05, 4.69) is 10.5 Å². The average molecular weight is 337 g/mol. The molecule has 0 bridgehead atoms. The molecule has 0 saturated carbocycles. The van der Waals surface area contributed by atoms with Crippen molar-refractivity contribution in [1.29, 1.82) is 0 Å². The van der Waals surface area contributed by atoms with Gasteiger partial charge in [0.25, 0.3) is 5.91 Å². The van der Waals surface area contributed by atoms with Crippen molar-refractivity contribution in [2.75, 3.05) is 0 Å². The number of furan rings is 1. The molecule has 3 aromatic rings. The molecule has 0 aliphatic carbocycles. The van der Waals surface area contributed by atoms with Crippen molar-refractivity contribution >= 4 is 11.9 Å². The molecule has 1 aliphatic rings. The zero-order valence-electron chi connectivity index (χ0n) is 13.4. The number of imide groups is 1. The second-order valence-electron chi connectivity index (χ2n) is 5.97. The number of aromatic nitrogens is 1. The van der Waals surface area contributed by atoms with Crippen LogP contribution in [0.5, 0.6) is 0 Å². The molecule has 1 N–H and O–H groups in total. The summed E-state index contributed by atoms with van der Waals surface area (Å²) in [6.45, 7) is 1.61. The smallest absolute Gasteiger partial charge is 0.325 e. The molecule has 0 unspecified atom stereocenters. The third-order valence-electron chi connectivity index (χ3n) is 4.23. The topological polar surface area (TPSA) is 88.6 Å². The van der Waals surface area contributed by atoms with Gasteiger partial charge in [-0.25, -0.2) is 4.79 Å². The van der Waals surface area contributed by atoms with E-state index in [9.17, 15) is 9.59 Å². The number of amides is 3. The minimum atomic E-state index is -1.22. The maximum absolute atomic E-state index is 12.7. The van der Waals surface area contributed by atoms with Gasteiger partial charge in [0.05, 0.1) is 12.8 Å². The molecule has 2 aromatic heterocycles. The van der Waals surface area contributed by atoms with Crippen LogP contribution in [0.15, 0.2) is 63.7 Å². The Hall–Kier alpha value is -3.35. The lowest BCUT2D eigenvalue weighted by Crippen LogP contribution is -2.40. The standard InChI is InChI=1S/C18H15N3O4/c1-18(15-8-5-9-24-15)16(22)21(17(23)19-18)11-13-10-14(20-25-13)12-6-3-2-4-7-12/h2-10H,11H2,1H3,(H,19,23)/t18-/m0/s1. The number of hydrogen-bond donors (Lipinski definition) is 1. The van der Waals surface area contributed by atoms with E-state index in [4.69, 9.17) is 8.94 Å². The maximum Gasteiger partial charge on any atom is 0.325 e. The molecule has 1 atom stereocenters. The summed E-state index contributed by atoms with van der Waals surface area (Å²) in [5.74, 6) is 0.409. The fraction of sp³-hybridized carbons (Fsp3) is 0.167. The number of benzene rings is 1. The van der Waals surface area contributed by atoms with Gasteiger partial charge in [-0.1, -0.05) is 35.5 Å². The van der Waals surface area contributed by atoms with E-state index in [1.807, 2.05) is 30.3 Å². The van der Waals surface area contributed by atoms with E-state index in [1.54, 1.807) is 25.1 Å². The number of hydrogen-bond acceptors (Lipinski definition) is 5. The average Bonchev–Trinajstić information content (AvgIpc) is 3.34. The number of rotatable bonds is 4. The summed E-state index contributed by atoms with van der Waals surface area (Å²) < 4.78 is 10.6.